The third kappa shape index (κ3) is 4.15. The zero-order valence-corrected chi connectivity index (χ0v) is 13.4. The Hall–Kier alpha value is -2.77. The molecule has 3 heterocycles. The lowest BCUT2D eigenvalue weighted by Crippen LogP contribution is -2.40. The topological polar surface area (TPSA) is 93.0 Å². The molecule has 1 saturated heterocycles. The maximum atomic E-state index is 12.0. The van der Waals surface area contributed by atoms with E-state index in [4.69, 9.17) is 0 Å². The second-order valence-corrected chi connectivity index (χ2v) is 5.77. The molecule has 126 valence electrons. The first kappa shape index (κ1) is 16.1. The number of amides is 2. The number of likely N-dealkylation sites (tertiary alicyclic amines) is 1. The van der Waals surface area contributed by atoms with Gasteiger partial charge in [0.2, 0.25) is 11.8 Å². The molecule has 0 saturated carbocycles. The average Bonchev–Trinajstić information content (AvgIpc) is 3.06. The van der Waals surface area contributed by atoms with Gasteiger partial charge >= 0.3 is 0 Å². The molecule has 1 N–H and O–H groups in total. The van der Waals surface area contributed by atoms with Crippen LogP contribution in [0.4, 0.5) is 0 Å². The molecule has 3 rings (SSSR count). The fraction of sp³-hybridized carbons (Fsp3) is 0.438. The Morgan fingerprint density at radius 1 is 1.25 bits per heavy atom. The van der Waals surface area contributed by atoms with Crippen LogP contribution in [0.15, 0.2) is 31.0 Å². The summed E-state index contributed by atoms with van der Waals surface area (Å²) in [4.78, 5) is 33.7. The molecule has 2 aromatic rings. The van der Waals surface area contributed by atoms with Gasteiger partial charge in [-0.2, -0.15) is 5.10 Å². The Morgan fingerprint density at radius 2 is 2.17 bits per heavy atom. The molecule has 2 amide bonds. The Kier molecular flexibility index (Phi) is 5.15. The second kappa shape index (κ2) is 7.67. The van der Waals surface area contributed by atoms with E-state index in [-0.39, 0.29) is 18.4 Å². The molecule has 0 atom stereocenters. The molecule has 1 fully saturated rings. The first-order valence-corrected chi connectivity index (χ1v) is 8.07. The Labute approximate surface area is 139 Å². The van der Waals surface area contributed by atoms with Gasteiger partial charge in [0, 0.05) is 25.7 Å². The van der Waals surface area contributed by atoms with E-state index >= 15 is 0 Å². The Balaban J connectivity index is 1.50. The van der Waals surface area contributed by atoms with Crippen molar-refractivity contribution in [1.82, 2.24) is 30.0 Å². The van der Waals surface area contributed by atoms with Crippen molar-refractivity contribution in [2.45, 2.75) is 32.2 Å². The van der Waals surface area contributed by atoms with E-state index in [9.17, 15) is 9.59 Å². The first-order chi connectivity index (χ1) is 11.7. The number of pyridine rings is 1. The Morgan fingerprint density at radius 3 is 2.92 bits per heavy atom. The van der Waals surface area contributed by atoms with Crippen molar-refractivity contribution in [3.63, 3.8) is 0 Å². The van der Waals surface area contributed by atoms with Crippen LogP contribution in [-0.2, 0) is 16.1 Å². The van der Waals surface area contributed by atoms with E-state index in [0.717, 1.165) is 24.8 Å². The summed E-state index contributed by atoms with van der Waals surface area (Å²) in [6.45, 7) is 1.18. The van der Waals surface area contributed by atoms with E-state index in [0.29, 0.717) is 25.3 Å². The fourth-order valence-electron chi connectivity index (χ4n) is 2.62. The Bertz CT molecular complexity index is 683. The van der Waals surface area contributed by atoms with E-state index in [1.165, 1.54) is 6.33 Å². The minimum absolute atomic E-state index is 0.0708. The number of carbonyl (C=O) groups is 2. The summed E-state index contributed by atoms with van der Waals surface area (Å²) < 4.78 is 1.56. The van der Waals surface area contributed by atoms with Gasteiger partial charge < -0.3 is 10.2 Å². The van der Waals surface area contributed by atoms with E-state index in [1.54, 1.807) is 22.1 Å². The lowest BCUT2D eigenvalue weighted by molar-refractivity contribution is -0.135. The SMILES string of the molecule is O=C(CN1CCCCCC1=O)NCc1ccc(-n2cncn2)nc1. The van der Waals surface area contributed by atoms with Crippen LogP contribution in [-0.4, -0.2) is 49.6 Å². The standard InChI is InChI=1S/C16H20N6O2/c23-15(10-21-7-3-1-2-4-16(21)24)19-9-13-5-6-14(18-8-13)22-12-17-11-20-22/h5-6,8,11-12H,1-4,7,9-10H2,(H,19,23). The van der Waals surface area contributed by atoms with Crippen molar-refractivity contribution in [1.29, 1.82) is 0 Å². The van der Waals surface area contributed by atoms with Crippen LogP contribution in [0.2, 0.25) is 0 Å². The second-order valence-electron chi connectivity index (χ2n) is 5.77. The van der Waals surface area contributed by atoms with Crippen molar-refractivity contribution >= 4 is 11.8 Å². The highest BCUT2D eigenvalue weighted by Crippen LogP contribution is 2.10. The van der Waals surface area contributed by atoms with Gasteiger partial charge in [-0.15, -0.1) is 0 Å². The monoisotopic (exact) mass is 328 g/mol. The van der Waals surface area contributed by atoms with Gasteiger partial charge in [-0.05, 0) is 24.5 Å². The highest BCUT2D eigenvalue weighted by atomic mass is 16.2. The predicted molar refractivity (Wildman–Crippen MR) is 86.0 cm³/mol. The van der Waals surface area contributed by atoms with Crippen molar-refractivity contribution in [2.75, 3.05) is 13.1 Å². The van der Waals surface area contributed by atoms with Crippen LogP contribution in [0, 0.1) is 0 Å². The molecule has 8 heteroatoms. The third-order valence-electron chi connectivity index (χ3n) is 3.96. The number of rotatable bonds is 5. The fourth-order valence-corrected chi connectivity index (χ4v) is 2.62. The molecule has 0 spiro atoms. The highest BCUT2D eigenvalue weighted by Gasteiger charge is 2.18. The summed E-state index contributed by atoms with van der Waals surface area (Å²) in [5.74, 6) is 0.588. The highest BCUT2D eigenvalue weighted by molar-refractivity contribution is 5.84. The van der Waals surface area contributed by atoms with Crippen LogP contribution in [0.1, 0.15) is 31.2 Å². The molecule has 8 nitrogen and oxygen atoms in total. The molecule has 0 aliphatic carbocycles. The van der Waals surface area contributed by atoms with Crippen LogP contribution >= 0.6 is 0 Å². The molecular formula is C16H20N6O2. The number of nitrogens with one attached hydrogen (secondary N) is 1. The lowest BCUT2D eigenvalue weighted by atomic mass is 10.2. The van der Waals surface area contributed by atoms with Gasteiger partial charge in [0.25, 0.3) is 0 Å². The molecule has 0 unspecified atom stereocenters. The minimum atomic E-state index is -0.148. The zero-order chi connectivity index (χ0) is 16.8. The molecule has 0 aromatic carbocycles. The summed E-state index contributed by atoms with van der Waals surface area (Å²) in [6.07, 6.45) is 8.18. The number of hydrogen-bond acceptors (Lipinski definition) is 5. The number of hydrogen-bond donors (Lipinski definition) is 1. The first-order valence-electron chi connectivity index (χ1n) is 8.07. The van der Waals surface area contributed by atoms with Gasteiger partial charge in [-0.3, -0.25) is 9.59 Å². The van der Waals surface area contributed by atoms with Crippen LogP contribution in [0.3, 0.4) is 0 Å². The van der Waals surface area contributed by atoms with Gasteiger partial charge in [-0.25, -0.2) is 14.6 Å². The zero-order valence-electron chi connectivity index (χ0n) is 13.4. The van der Waals surface area contributed by atoms with Crippen LogP contribution in [0.5, 0.6) is 0 Å². The molecule has 0 radical (unpaired) electrons. The van der Waals surface area contributed by atoms with Gasteiger partial charge in [0.05, 0.1) is 6.54 Å². The molecule has 24 heavy (non-hydrogen) atoms. The van der Waals surface area contributed by atoms with Gasteiger partial charge in [-0.1, -0.05) is 12.5 Å². The van der Waals surface area contributed by atoms with E-state index in [1.807, 2.05) is 12.1 Å². The summed E-state index contributed by atoms with van der Waals surface area (Å²) in [6, 6.07) is 3.69. The third-order valence-corrected chi connectivity index (χ3v) is 3.96. The number of carbonyl (C=O) groups excluding carboxylic acids is 2. The molecule has 0 bridgehead atoms. The average molecular weight is 328 g/mol. The quantitative estimate of drug-likeness (QED) is 0.871. The van der Waals surface area contributed by atoms with E-state index < -0.39 is 0 Å². The maximum absolute atomic E-state index is 12.0. The van der Waals surface area contributed by atoms with Gasteiger partial charge in [0.1, 0.15) is 12.7 Å². The van der Waals surface area contributed by atoms with Crippen molar-refractivity contribution in [3.8, 4) is 5.82 Å². The predicted octanol–water partition coefficient (Wildman–Crippen LogP) is 0.681. The van der Waals surface area contributed by atoms with Crippen molar-refractivity contribution in [2.24, 2.45) is 0 Å². The minimum Gasteiger partial charge on any atom is -0.350 e. The normalized spacial score (nSPS) is 15.2. The molecule has 1 aliphatic rings. The van der Waals surface area contributed by atoms with Crippen molar-refractivity contribution < 1.29 is 9.59 Å². The summed E-state index contributed by atoms with van der Waals surface area (Å²) in [7, 11) is 0. The smallest absolute Gasteiger partial charge is 0.239 e. The van der Waals surface area contributed by atoms with Crippen LogP contribution in [0.25, 0.3) is 5.82 Å². The lowest BCUT2D eigenvalue weighted by Gasteiger charge is -2.19. The van der Waals surface area contributed by atoms with Gasteiger partial charge in [0.15, 0.2) is 5.82 Å². The number of nitrogens with zero attached hydrogens (tertiary/aromatic N) is 5. The number of aromatic nitrogens is 4. The van der Waals surface area contributed by atoms with E-state index in [2.05, 4.69) is 20.4 Å². The summed E-state index contributed by atoms with van der Waals surface area (Å²) in [5, 5.41) is 6.84. The summed E-state index contributed by atoms with van der Waals surface area (Å²) in [5.41, 5.74) is 0.884. The molecular weight excluding hydrogens is 308 g/mol. The largest absolute Gasteiger partial charge is 0.350 e. The van der Waals surface area contributed by atoms with Crippen LogP contribution < -0.4 is 5.32 Å². The maximum Gasteiger partial charge on any atom is 0.239 e. The molecule has 2 aromatic heterocycles. The van der Waals surface area contributed by atoms with Crippen molar-refractivity contribution in [3.05, 3.63) is 36.5 Å². The summed E-state index contributed by atoms with van der Waals surface area (Å²) >= 11 is 0. The molecule has 1 aliphatic heterocycles.